The number of likely N-dealkylation sites (tertiary alicyclic amines) is 1. The first kappa shape index (κ1) is 30.1. The lowest BCUT2D eigenvalue weighted by Crippen LogP contribution is -2.43. The number of aromatic nitrogens is 2. The molecule has 0 aliphatic carbocycles. The van der Waals surface area contributed by atoms with Gasteiger partial charge in [0.15, 0.2) is 0 Å². The highest BCUT2D eigenvalue weighted by Gasteiger charge is 2.32. The minimum absolute atomic E-state index is 0.0777. The summed E-state index contributed by atoms with van der Waals surface area (Å²) in [5.41, 5.74) is 1.45. The molecule has 1 aromatic heterocycles. The molecule has 10 nitrogen and oxygen atoms in total. The van der Waals surface area contributed by atoms with Gasteiger partial charge < -0.3 is 19.3 Å². The van der Waals surface area contributed by atoms with Crippen LogP contribution in [0.25, 0.3) is 11.4 Å². The van der Waals surface area contributed by atoms with Crippen molar-refractivity contribution in [1.29, 1.82) is 0 Å². The number of nitrogens with zero attached hydrogens (tertiary/aromatic N) is 4. The van der Waals surface area contributed by atoms with E-state index >= 15 is 0 Å². The van der Waals surface area contributed by atoms with Crippen molar-refractivity contribution in [3.05, 3.63) is 35.7 Å². The third-order valence-electron chi connectivity index (χ3n) is 6.62. The van der Waals surface area contributed by atoms with E-state index in [1.807, 2.05) is 12.1 Å². The number of benzene rings is 1. The van der Waals surface area contributed by atoms with Crippen molar-refractivity contribution in [2.45, 2.75) is 103 Å². The van der Waals surface area contributed by atoms with Crippen LogP contribution in [0.4, 0.5) is 9.59 Å². The van der Waals surface area contributed by atoms with E-state index in [4.69, 9.17) is 9.26 Å². The zero-order valence-corrected chi connectivity index (χ0v) is 23.7. The topological polar surface area (TPSA) is 130 Å². The molecule has 1 aromatic carbocycles. The summed E-state index contributed by atoms with van der Waals surface area (Å²) < 4.78 is 10.8. The number of carboxylic acid groups (broad SMARTS) is 1. The zero-order chi connectivity index (χ0) is 28.3. The first-order chi connectivity index (χ1) is 18.6. The Balaban J connectivity index is 1.52. The number of guanidine groups is 1. The number of hydrogen-bond donors (Lipinski definition) is 2. The Bertz CT molecular complexity index is 1090. The van der Waals surface area contributed by atoms with Crippen LogP contribution in [0.3, 0.4) is 0 Å². The zero-order valence-electron chi connectivity index (χ0n) is 23.7. The molecule has 1 saturated heterocycles. The fraction of sp³-hybridized carbons (Fsp3) is 0.621. The van der Waals surface area contributed by atoms with Gasteiger partial charge >= 0.3 is 12.2 Å². The second kappa shape index (κ2) is 14.6. The number of hydrogen-bond acceptors (Lipinski definition) is 6. The monoisotopic (exact) mass is 541 g/mol. The molecule has 2 heterocycles. The summed E-state index contributed by atoms with van der Waals surface area (Å²) >= 11 is 0. The van der Waals surface area contributed by atoms with Gasteiger partial charge in [0.1, 0.15) is 5.60 Å². The van der Waals surface area contributed by atoms with Crippen molar-refractivity contribution in [3.8, 4) is 11.4 Å². The molecule has 2 aromatic rings. The minimum atomic E-state index is -1.31. The Hall–Kier alpha value is -3.43. The molecular formula is C29H43N5O5. The summed E-state index contributed by atoms with van der Waals surface area (Å²) in [5.74, 6) is 0.800. The molecule has 0 radical (unpaired) electrons. The van der Waals surface area contributed by atoms with E-state index in [1.54, 1.807) is 25.7 Å². The highest BCUT2D eigenvalue weighted by Crippen LogP contribution is 2.28. The number of rotatable bonds is 11. The van der Waals surface area contributed by atoms with E-state index in [2.05, 4.69) is 39.5 Å². The fourth-order valence-electron chi connectivity index (χ4n) is 4.60. The highest BCUT2D eigenvalue weighted by atomic mass is 16.6. The summed E-state index contributed by atoms with van der Waals surface area (Å²) in [6.07, 6.45) is 10.0. The van der Waals surface area contributed by atoms with Crippen LogP contribution >= 0.6 is 0 Å². The van der Waals surface area contributed by atoms with Crippen LogP contribution in [0.1, 0.15) is 103 Å². The molecule has 1 unspecified atom stereocenters. The Morgan fingerprint density at radius 3 is 2.41 bits per heavy atom. The first-order valence-electron chi connectivity index (χ1n) is 14.1. The molecule has 1 aliphatic rings. The number of amides is 2. The molecule has 214 valence electrons. The minimum Gasteiger partial charge on any atom is -0.465 e. The lowest BCUT2D eigenvalue weighted by Gasteiger charge is -2.21. The summed E-state index contributed by atoms with van der Waals surface area (Å²) in [7, 11) is 0. The van der Waals surface area contributed by atoms with E-state index < -0.39 is 17.8 Å². The predicted molar refractivity (Wildman–Crippen MR) is 150 cm³/mol. The van der Waals surface area contributed by atoms with Gasteiger partial charge in [-0.15, -0.1) is 4.99 Å². The normalized spacial score (nSPS) is 15.9. The number of aryl methyl sites for hydroxylation is 1. The molecule has 0 bridgehead atoms. The van der Waals surface area contributed by atoms with Crippen LogP contribution in [-0.4, -0.2) is 57.0 Å². The second-order valence-electron chi connectivity index (χ2n) is 11.2. The molecule has 0 saturated carbocycles. The second-order valence-corrected chi connectivity index (χ2v) is 11.2. The summed E-state index contributed by atoms with van der Waals surface area (Å²) in [6.45, 7) is 8.24. The average molecular weight is 542 g/mol. The fourth-order valence-corrected chi connectivity index (χ4v) is 4.60. The van der Waals surface area contributed by atoms with Gasteiger partial charge in [-0.3, -0.25) is 5.32 Å². The van der Waals surface area contributed by atoms with Crippen LogP contribution in [-0.2, 0) is 11.2 Å². The summed E-state index contributed by atoms with van der Waals surface area (Å²) in [6, 6.07) is 8.30. The maximum Gasteiger partial charge on any atom is 0.437 e. The van der Waals surface area contributed by atoms with Crippen LogP contribution in [0.2, 0.25) is 0 Å². The number of carbonyl (C=O) groups excluding carboxylic acids is 1. The van der Waals surface area contributed by atoms with E-state index in [9.17, 15) is 14.7 Å². The number of aliphatic imine (C=N–C) groups is 1. The van der Waals surface area contributed by atoms with Crippen LogP contribution < -0.4 is 5.32 Å². The van der Waals surface area contributed by atoms with Gasteiger partial charge in [-0.25, -0.2) is 9.59 Å². The van der Waals surface area contributed by atoms with Crippen LogP contribution in [0.5, 0.6) is 0 Å². The molecule has 2 amide bonds. The molecule has 1 aliphatic heterocycles. The molecule has 2 N–H and O–H groups in total. The Morgan fingerprint density at radius 1 is 1.10 bits per heavy atom. The summed E-state index contributed by atoms with van der Waals surface area (Å²) in [5, 5.41) is 15.6. The van der Waals surface area contributed by atoms with Gasteiger partial charge in [0, 0.05) is 18.7 Å². The van der Waals surface area contributed by atoms with Crippen molar-refractivity contribution in [1.82, 2.24) is 20.4 Å². The molecule has 39 heavy (non-hydrogen) atoms. The molecule has 1 atom stereocenters. The van der Waals surface area contributed by atoms with Crippen LogP contribution in [0.15, 0.2) is 33.8 Å². The Labute approximate surface area is 231 Å². The number of ether oxygens (including phenoxy) is 1. The van der Waals surface area contributed by atoms with E-state index in [0.29, 0.717) is 31.2 Å². The smallest absolute Gasteiger partial charge is 0.437 e. The number of nitrogens with one attached hydrogen (secondary N) is 1. The lowest BCUT2D eigenvalue weighted by molar-refractivity contribution is 0.0601. The largest absolute Gasteiger partial charge is 0.465 e. The molecule has 1 fully saturated rings. The van der Waals surface area contributed by atoms with E-state index in [-0.39, 0.29) is 11.9 Å². The SMILES string of the molecule is CCCCCCCCCCc1ccc(-c2noc(C3CCN(C(=NC(=O)OC(C)(C)C)NC(=O)O)C3)n2)cc1. The number of unbranched alkanes of at least 4 members (excludes halogenated alkanes) is 7. The standard InChI is InChI=1S/C29H43N5O5/c1-5-6-7-8-9-10-11-12-13-21-14-16-22(17-15-21)24-30-25(39-33-24)23-18-19-34(20-23)26(31-27(35)36)32-28(37)38-29(2,3)4/h14-17,23H,5-13,18-20H2,1-4H3,(H,35,36)(H,31,32,37). The first-order valence-corrected chi connectivity index (χ1v) is 14.1. The molecule has 3 rings (SSSR count). The van der Waals surface area contributed by atoms with Crippen molar-refractivity contribution < 1.29 is 24.0 Å². The lowest BCUT2D eigenvalue weighted by atomic mass is 10.0. The van der Waals surface area contributed by atoms with Crippen molar-refractivity contribution in [2.75, 3.05) is 13.1 Å². The van der Waals surface area contributed by atoms with E-state index in [1.165, 1.54) is 56.9 Å². The van der Waals surface area contributed by atoms with Gasteiger partial charge in [-0.2, -0.15) is 4.98 Å². The van der Waals surface area contributed by atoms with Gasteiger partial charge in [-0.05, 0) is 45.6 Å². The third kappa shape index (κ3) is 10.3. The van der Waals surface area contributed by atoms with Crippen molar-refractivity contribution >= 4 is 18.1 Å². The third-order valence-corrected chi connectivity index (χ3v) is 6.62. The molecular weight excluding hydrogens is 498 g/mol. The maximum absolute atomic E-state index is 12.2. The number of carbonyl (C=O) groups is 2. The predicted octanol–water partition coefficient (Wildman–Crippen LogP) is 6.77. The maximum atomic E-state index is 12.2. The highest BCUT2D eigenvalue weighted by molar-refractivity contribution is 5.98. The van der Waals surface area contributed by atoms with Gasteiger partial charge in [0.2, 0.25) is 17.7 Å². The van der Waals surface area contributed by atoms with Gasteiger partial charge in [-0.1, -0.05) is 81.3 Å². The average Bonchev–Trinajstić information content (AvgIpc) is 3.54. The Morgan fingerprint density at radius 2 is 1.77 bits per heavy atom. The van der Waals surface area contributed by atoms with E-state index in [0.717, 1.165) is 12.0 Å². The summed E-state index contributed by atoms with van der Waals surface area (Å²) in [4.78, 5) is 33.6. The van der Waals surface area contributed by atoms with Gasteiger partial charge in [0.25, 0.3) is 0 Å². The quantitative estimate of drug-likeness (QED) is 0.181. The Kier molecular flexibility index (Phi) is 11.3. The van der Waals surface area contributed by atoms with Gasteiger partial charge in [0.05, 0.1) is 5.92 Å². The van der Waals surface area contributed by atoms with Crippen molar-refractivity contribution in [3.63, 3.8) is 0 Å². The van der Waals surface area contributed by atoms with Crippen LogP contribution in [0, 0.1) is 0 Å². The van der Waals surface area contributed by atoms with Crippen molar-refractivity contribution in [2.24, 2.45) is 4.99 Å². The molecule has 0 spiro atoms. The molecule has 10 heteroatoms.